The molecule has 0 radical (unpaired) electrons. The number of ether oxygens (including phenoxy) is 1. The van der Waals surface area contributed by atoms with E-state index in [0.717, 1.165) is 0 Å². The van der Waals surface area contributed by atoms with Crippen LogP contribution >= 0.6 is 23.2 Å². The van der Waals surface area contributed by atoms with E-state index in [1.54, 1.807) is 6.07 Å². The van der Waals surface area contributed by atoms with Crippen LogP contribution in [0.15, 0.2) is 18.2 Å². The highest BCUT2D eigenvalue weighted by Gasteiger charge is 2.06. The number of hydrogen-bond acceptors (Lipinski definition) is 1. The zero-order valence-electron chi connectivity index (χ0n) is 6.44. The Kier molecular flexibility index (Phi) is 3.75. The number of benzene rings is 1. The first kappa shape index (κ1) is 10.5. The largest absolute Gasteiger partial charge is 0.486 e. The van der Waals surface area contributed by atoms with Gasteiger partial charge in [0.15, 0.2) is 0 Å². The van der Waals surface area contributed by atoms with Crippen LogP contribution in [0.2, 0.25) is 10.0 Å². The van der Waals surface area contributed by atoms with Gasteiger partial charge >= 0.3 is 0 Å². The second-order valence-electron chi connectivity index (χ2n) is 2.28. The summed E-state index contributed by atoms with van der Waals surface area (Å²) in [7, 11) is 0. The molecule has 0 bridgehead atoms. The first-order valence-electron chi connectivity index (χ1n) is 3.45. The van der Waals surface area contributed by atoms with Crippen LogP contribution in [0.5, 0.6) is 5.75 Å². The smallest absolute Gasteiger partial charge is 0.272 e. The van der Waals surface area contributed by atoms with Crippen molar-refractivity contribution in [3.63, 3.8) is 0 Å². The average Bonchev–Trinajstić information content (AvgIpc) is 2.06. The van der Waals surface area contributed by atoms with Gasteiger partial charge in [0, 0.05) is 11.1 Å². The zero-order chi connectivity index (χ0) is 9.84. The summed E-state index contributed by atoms with van der Waals surface area (Å²) in [6.45, 7) is -0.680. The van der Waals surface area contributed by atoms with Crippen LogP contribution in [0, 0.1) is 0 Å². The quantitative estimate of drug-likeness (QED) is 0.765. The molecule has 5 heteroatoms. The van der Waals surface area contributed by atoms with Gasteiger partial charge in [0.2, 0.25) is 0 Å². The van der Waals surface area contributed by atoms with E-state index in [9.17, 15) is 8.78 Å². The first-order chi connectivity index (χ1) is 6.09. The van der Waals surface area contributed by atoms with Crippen LogP contribution in [0.3, 0.4) is 0 Å². The number of alkyl halides is 2. The van der Waals surface area contributed by atoms with Gasteiger partial charge in [-0.3, -0.25) is 0 Å². The molecule has 72 valence electrons. The molecule has 0 unspecified atom stereocenters. The Morgan fingerprint density at radius 3 is 2.62 bits per heavy atom. The highest BCUT2D eigenvalue weighted by atomic mass is 35.5. The molecule has 0 N–H and O–H groups in total. The van der Waals surface area contributed by atoms with Crippen LogP contribution < -0.4 is 4.74 Å². The molecule has 0 saturated carbocycles. The molecular formula is C8H6Cl2F2O. The number of hydrogen-bond donors (Lipinski definition) is 0. The molecule has 0 atom stereocenters. The van der Waals surface area contributed by atoms with Gasteiger partial charge in [0.25, 0.3) is 6.43 Å². The van der Waals surface area contributed by atoms with E-state index in [1.807, 2.05) is 0 Å². The molecule has 0 amide bonds. The van der Waals surface area contributed by atoms with Crippen LogP contribution in [0.4, 0.5) is 8.78 Å². The standard InChI is InChI=1S/C8H6Cl2F2O/c9-5-1-2-6(10)7(3-5)13-4-8(11)12/h1-3,8H,4H2. The van der Waals surface area contributed by atoms with E-state index < -0.39 is 13.0 Å². The summed E-state index contributed by atoms with van der Waals surface area (Å²) in [5.41, 5.74) is 0. The number of rotatable bonds is 3. The monoisotopic (exact) mass is 226 g/mol. The average molecular weight is 227 g/mol. The van der Waals surface area contributed by atoms with E-state index in [2.05, 4.69) is 0 Å². The van der Waals surface area contributed by atoms with Gasteiger partial charge in [0.05, 0.1) is 5.02 Å². The predicted octanol–water partition coefficient (Wildman–Crippen LogP) is 3.64. The lowest BCUT2D eigenvalue weighted by atomic mass is 10.3. The van der Waals surface area contributed by atoms with Gasteiger partial charge in [-0.25, -0.2) is 8.78 Å². The van der Waals surface area contributed by atoms with E-state index in [1.165, 1.54) is 12.1 Å². The lowest BCUT2D eigenvalue weighted by Gasteiger charge is -2.06. The molecule has 0 aromatic heterocycles. The molecule has 0 heterocycles. The molecule has 1 nitrogen and oxygen atoms in total. The Morgan fingerprint density at radius 2 is 2.00 bits per heavy atom. The maximum absolute atomic E-state index is 11.8. The normalized spacial score (nSPS) is 10.5. The van der Waals surface area contributed by atoms with Crippen LogP contribution in [0.25, 0.3) is 0 Å². The minimum Gasteiger partial charge on any atom is -0.486 e. The molecule has 0 aliphatic rings. The predicted molar refractivity (Wildman–Crippen MR) is 48.0 cm³/mol. The molecule has 1 rings (SSSR count). The second kappa shape index (κ2) is 4.63. The summed E-state index contributed by atoms with van der Waals surface area (Å²) >= 11 is 11.3. The van der Waals surface area contributed by atoms with Gasteiger partial charge in [0.1, 0.15) is 12.4 Å². The topological polar surface area (TPSA) is 9.23 Å². The van der Waals surface area contributed by atoms with Gasteiger partial charge in [-0.15, -0.1) is 0 Å². The lowest BCUT2D eigenvalue weighted by Crippen LogP contribution is -2.07. The third-order valence-corrected chi connectivity index (χ3v) is 1.81. The molecule has 0 aliphatic carbocycles. The summed E-state index contributed by atoms with van der Waals surface area (Å²) in [4.78, 5) is 0. The summed E-state index contributed by atoms with van der Waals surface area (Å²) in [5.74, 6) is 0.175. The van der Waals surface area contributed by atoms with Gasteiger partial charge < -0.3 is 4.74 Å². The fraction of sp³-hybridized carbons (Fsp3) is 0.250. The Morgan fingerprint density at radius 1 is 1.31 bits per heavy atom. The summed E-state index contributed by atoms with van der Waals surface area (Å²) < 4.78 is 28.2. The highest BCUT2D eigenvalue weighted by molar-refractivity contribution is 6.34. The van der Waals surface area contributed by atoms with Crippen molar-refractivity contribution >= 4 is 23.2 Å². The van der Waals surface area contributed by atoms with Crippen LogP contribution in [-0.4, -0.2) is 13.0 Å². The number of halogens is 4. The molecule has 0 spiro atoms. The minimum atomic E-state index is -2.52. The fourth-order valence-corrected chi connectivity index (χ4v) is 1.07. The third-order valence-electron chi connectivity index (χ3n) is 1.26. The van der Waals surface area contributed by atoms with Crippen molar-refractivity contribution in [3.05, 3.63) is 28.2 Å². The van der Waals surface area contributed by atoms with E-state index >= 15 is 0 Å². The maximum atomic E-state index is 11.8. The van der Waals surface area contributed by atoms with E-state index in [4.69, 9.17) is 27.9 Å². The molecule has 0 fully saturated rings. The Hall–Kier alpha value is -0.540. The molecule has 0 aliphatic heterocycles. The molecule has 1 aromatic rings. The van der Waals surface area contributed by atoms with E-state index in [-0.39, 0.29) is 10.8 Å². The molecule has 1 aromatic carbocycles. The third kappa shape index (κ3) is 3.36. The van der Waals surface area contributed by atoms with Crippen molar-refractivity contribution in [1.82, 2.24) is 0 Å². The highest BCUT2D eigenvalue weighted by Crippen LogP contribution is 2.27. The molecule has 0 saturated heterocycles. The molecule has 13 heavy (non-hydrogen) atoms. The summed E-state index contributed by atoms with van der Waals surface area (Å²) in [6, 6.07) is 4.44. The van der Waals surface area contributed by atoms with Crippen molar-refractivity contribution in [1.29, 1.82) is 0 Å². The Labute approximate surface area is 84.2 Å². The Bertz CT molecular complexity index is 291. The van der Waals surface area contributed by atoms with Crippen molar-refractivity contribution in [3.8, 4) is 5.75 Å². The van der Waals surface area contributed by atoms with Crippen LogP contribution in [-0.2, 0) is 0 Å². The van der Waals surface area contributed by atoms with Crippen molar-refractivity contribution < 1.29 is 13.5 Å². The van der Waals surface area contributed by atoms with Crippen LogP contribution in [0.1, 0.15) is 0 Å². The molecular weight excluding hydrogens is 221 g/mol. The van der Waals surface area contributed by atoms with Crippen molar-refractivity contribution in [2.24, 2.45) is 0 Å². The summed E-state index contributed by atoms with van der Waals surface area (Å²) in [6.07, 6.45) is -2.52. The maximum Gasteiger partial charge on any atom is 0.272 e. The minimum absolute atomic E-state index is 0.175. The fourth-order valence-electron chi connectivity index (χ4n) is 0.741. The van der Waals surface area contributed by atoms with Gasteiger partial charge in [-0.1, -0.05) is 23.2 Å². The van der Waals surface area contributed by atoms with E-state index in [0.29, 0.717) is 5.02 Å². The second-order valence-corrected chi connectivity index (χ2v) is 3.12. The first-order valence-corrected chi connectivity index (χ1v) is 4.21. The van der Waals surface area contributed by atoms with Gasteiger partial charge in [-0.05, 0) is 12.1 Å². The lowest BCUT2D eigenvalue weighted by molar-refractivity contribution is 0.0819. The SMILES string of the molecule is FC(F)COc1cc(Cl)ccc1Cl. The zero-order valence-corrected chi connectivity index (χ0v) is 7.95. The van der Waals surface area contributed by atoms with Crippen molar-refractivity contribution in [2.75, 3.05) is 6.61 Å². The Balaban J connectivity index is 2.70. The van der Waals surface area contributed by atoms with Crippen molar-refractivity contribution in [2.45, 2.75) is 6.43 Å². The van der Waals surface area contributed by atoms with Gasteiger partial charge in [-0.2, -0.15) is 0 Å². The summed E-state index contributed by atoms with van der Waals surface area (Å²) in [5, 5.41) is 0.665.